The summed E-state index contributed by atoms with van der Waals surface area (Å²) in [6, 6.07) is 29.3. The third-order valence-electron chi connectivity index (χ3n) is 6.21. The van der Waals surface area contributed by atoms with Crippen molar-refractivity contribution in [2.45, 2.75) is 19.1 Å². The van der Waals surface area contributed by atoms with Crippen LogP contribution in [0.5, 0.6) is 5.75 Å². The van der Waals surface area contributed by atoms with Crippen molar-refractivity contribution in [1.82, 2.24) is 0 Å². The van der Waals surface area contributed by atoms with Crippen LogP contribution in [0.2, 0.25) is 0 Å². The Morgan fingerprint density at radius 2 is 1.50 bits per heavy atom. The molecule has 3 aromatic carbocycles. The molecule has 0 saturated carbocycles. The molecule has 6 heteroatoms. The van der Waals surface area contributed by atoms with Crippen LogP contribution in [0, 0.1) is 0 Å². The first kappa shape index (κ1) is 23.9. The number of hydrogen-bond acceptors (Lipinski definition) is 6. The Hall–Kier alpha value is -3.87. The van der Waals surface area contributed by atoms with Gasteiger partial charge in [-0.15, -0.1) is 0 Å². The van der Waals surface area contributed by atoms with Crippen molar-refractivity contribution in [2.24, 2.45) is 0 Å². The first-order valence-corrected chi connectivity index (χ1v) is 12.2. The molecule has 1 fully saturated rings. The summed E-state index contributed by atoms with van der Waals surface area (Å²) in [5.41, 5.74) is 3.56. The molecule has 0 N–H and O–H groups in total. The molecule has 1 aliphatic heterocycles. The van der Waals surface area contributed by atoms with Crippen molar-refractivity contribution in [1.29, 1.82) is 0 Å². The van der Waals surface area contributed by atoms with Gasteiger partial charge in [-0.05, 0) is 42.3 Å². The van der Waals surface area contributed by atoms with Crippen LogP contribution >= 0.6 is 0 Å². The van der Waals surface area contributed by atoms with E-state index in [0.29, 0.717) is 37.6 Å². The third-order valence-corrected chi connectivity index (χ3v) is 6.21. The average Bonchev–Trinajstić information content (AvgIpc) is 2.95. The van der Waals surface area contributed by atoms with Crippen LogP contribution in [0.3, 0.4) is 0 Å². The zero-order valence-corrected chi connectivity index (χ0v) is 20.3. The molecule has 0 bridgehead atoms. The molecule has 0 radical (unpaired) electrons. The van der Waals surface area contributed by atoms with Gasteiger partial charge in [0, 0.05) is 29.8 Å². The van der Waals surface area contributed by atoms with Crippen LogP contribution in [-0.2, 0) is 9.47 Å². The van der Waals surface area contributed by atoms with Crippen molar-refractivity contribution < 1.29 is 18.6 Å². The number of anilines is 2. The quantitative estimate of drug-likeness (QED) is 0.294. The number of methoxy groups -OCH3 is 1. The first-order valence-electron chi connectivity index (χ1n) is 12.2. The Kier molecular flexibility index (Phi) is 7.45. The highest BCUT2D eigenvalue weighted by Gasteiger charge is 2.22. The number of nitrogens with zero attached hydrogens (tertiary/aromatic N) is 1. The molecule has 5 rings (SSSR count). The molecule has 0 spiro atoms. The van der Waals surface area contributed by atoms with E-state index >= 15 is 0 Å². The summed E-state index contributed by atoms with van der Waals surface area (Å²) in [7, 11) is 1.63. The second-order valence-corrected chi connectivity index (χ2v) is 8.56. The fourth-order valence-electron chi connectivity index (χ4n) is 4.37. The van der Waals surface area contributed by atoms with Gasteiger partial charge in [-0.2, -0.15) is 0 Å². The third kappa shape index (κ3) is 5.35. The Morgan fingerprint density at radius 3 is 2.14 bits per heavy atom. The van der Waals surface area contributed by atoms with E-state index in [2.05, 4.69) is 0 Å². The van der Waals surface area contributed by atoms with Crippen LogP contribution in [-0.4, -0.2) is 33.2 Å². The SMILES string of the molecule is COc1ccc(N(CCC2OCCCO2)c2cc(-c3ccccc3)c(-c3ccccc3)oc2=O)cc1. The van der Waals surface area contributed by atoms with E-state index in [1.165, 1.54) is 0 Å². The lowest BCUT2D eigenvalue weighted by Crippen LogP contribution is -2.31. The molecule has 1 aliphatic rings. The summed E-state index contributed by atoms with van der Waals surface area (Å²) in [6.45, 7) is 1.87. The summed E-state index contributed by atoms with van der Waals surface area (Å²) < 4.78 is 22.9. The molecule has 184 valence electrons. The maximum absolute atomic E-state index is 13.5. The minimum atomic E-state index is -0.408. The largest absolute Gasteiger partial charge is 0.497 e. The average molecular weight is 484 g/mol. The van der Waals surface area contributed by atoms with Gasteiger partial charge in [0.1, 0.15) is 17.2 Å². The fourth-order valence-corrected chi connectivity index (χ4v) is 4.37. The molecule has 0 atom stereocenters. The first-order chi connectivity index (χ1) is 17.7. The maximum Gasteiger partial charge on any atom is 0.360 e. The van der Waals surface area contributed by atoms with Gasteiger partial charge in [-0.1, -0.05) is 60.7 Å². The highest BCUT2D eigenvalue weighted by atomic mass is 16.7. The standard InChI is InChI=1S/C30H29NO5/c1-33-25-15-13-24(14-16-25)31(18-17-28-34-19-8-20-35-28)27-21-26(22-9-4-2-5-10-22)29(36-30(27)32)23-11-6-3-7-12-23/h2-7,9-16,21,28H,8,17-20H2,1H3. The van der Waals surface area contributed by atoms with E-state index in [4.69, 9.17) is 18.6 Å². The molecule has 1 saturated heterocycles. The van der Waals surface area contributed by atoms with Gasteiger partial charge in [-0.3, -0.25) is 0 Å². The lowest BCUT2D eigenvalue weighted by molar-refractivity contribution is -0.179. The van der Waals surface area contributed by atoms with Gasteiger partial charge in [0.15, 0.2) is 6.29 Å². The van der Waals surface area contributed by atoms with Gasteiger partial charge in [0.2, 0.25) is 0 Å². The second kappa shape index (κ2) is 11.2. The molecule has 36 heavy (non-hydrogen) atoms. The highest BCUT2D eigenvalue weighted by molar-refractivity contribution is 5.82. The molecule has 0 amide bonds. The minimum absolute atomic E-state index is 0.302. The minimum Gasteiger partial charge on any atom is -0.497 e. The molecule has 1 aromatic heterocycles. The summed E-state index contributed by atoms with van der Waals surface area (Å²) in [4.78, 5) is 15.5. The second-order valence-electron chi connectivity index (χ2n) is 8.56. The number of rotatable bonds is 8. The topological polar surface area (TPSA) is 61.1 Å². The number of benzene rings is 3. The normalized spacial score (nSPS) is 13.9. The highest BCUT2D eigenvalue weighted by Crippen LogP contribution is 2.35. The van der Waals surface area contributed by atoms with Crippen LogP contribution in [0.25, 0.3) is 22.5 Å². The van der Waals surface area contributed by atoms with E-state index in [1.807, 2.05) is 95.9 Å². The Balaban J connectivity index is 1.60. The molecule has 6 nitrogen and oxygen atoms in total. The Bertz CT molecular complexity index is 1310. The predicted octanol–water partition coefficient (Wildman–Crippen LogP) is 6.27. The predicted molar refractivity (Wildman–Crippen MR) is 141 cm³/mol. The monoisotopic (exact) mass is 483 g/mol. The fraction of sp³-hybridized carbons (Fsp3) is 0.233. The van der Waals surface area contributed by atoms with Gasteiger partial charge in [0.25, 0.3) is 0 Å². The lowest BCUT2D eigenvalue weighted by Gasteiger charge is -2.29. The molecule has 2 heterocycles. The van der Waals surface area contributed by atoms with Crippen LogP contribution in [0.15, 0.2) is 100 Å². The molecular weight excluding hydrogens is 454 g/mol. The molecule has 0 aliphatic carbocycles. The van der Waals surface area contributed by atoms with Gasteiger partial charge >= 0.3 is 5.63 Å². The lowest BCUT2D eigenvalue weighted by atomic mass is 10.00. The van der Waals surface area contributed by atoms with Crippen LogP contribution < -0.4 is 15.3 Å². The zero-order chi connectivity index (χ0) is 24.7. The van der Waals surface area contributed by atoms with E-state index in [0.717, 1.165) is 34.5 Å². The summed E-state index contributed by atoms with van der Waals surface area (Å²) in [5, 5.41) is 0. The van der Waals surface area contributed by atoms with Crippen molar-refractivity contribution in [3.63, 3.8) is 0 Å². The molecule has 4 aromatic rings. The smallest absolute Gasteiger partial charge is 0.360 e. The Labute approximate surface area is 210 Å². The van der Waals surface area contributed by atoms with E-state index in [9.17, 15) is 4.79 Å². The van der Waals surface area contributed by atoms with Gasteiger partial charge < -0.3 is 23.5 Å². The summed E-state index contributed by atoms with van der Waals surface area (Å²) in [5.74, 6) is 1.29. The van der Waals surface area contributed by atoms with Gasteiger partial charge in [0.05, 0.1) is 20.3 Å². The zero-order valence-electron chi connectivity index (χ0n) is 20.3. The van der Waals surface area contributed by atoms with E-state index < -0.39 is 5.63 Å². The van der Waals surface area contributed by atoms with E-state index in [1.54, 1.807) is 7.11 Å². The van der Waals surface area contributed by atoms with Crippen LogP contribution in [0.1, 0.15) is 12.8 Å². The molecule has 0 unspecified atom stereocenters. The molecular formula is C30H29NO5. The summed E-state index contributed by atoms with van der Waals surface area (Å²) in [6.07, 6.45) is 1.19. The van der Waals surface area contributed by atoms with Crippen LogP contribution in [0.4, 0.5) is 11.4 Å². The maximum atomic E-state index is 13.5. The van der Waals surface area contributed by atoms with Crippen molar-refractivity contribution in [3.05, 3.63) is 101 Å². The van der Waals surface area contributed by atoms with Crippen molar-refractivity contribution in [3.8, 4) is 28.2 Å². The van der Waals surface area contributed by atoms with E-state index in [-0.39, 0.29) is 6.29 Å². The number of ether oxygens (including phenoxy) is 3. The summed E-state index contributed by atoms with van der Waals surface area (Å²) >= 11 is 0. The Morgan fingerprint density at radius 1 is 0.861 bits per heavy atom. The number of hydrogen-bond donors (Lipinski definition) is 0. The van der Waals surface area contributed by atoms with Gasteiger partial charge in [-0.25, -0.2) is 4.79 Å². The van der Waals surface area contributed by atoms with Crippen molar-refractivity contribution >= 4 is 11.4 Å². The van der Waals surface area contributed by atoms with Crippen molar-refractivity contribution in [2.75, 3.05) is 31.8 Å².